The average Bonchev–Trinajstić information content (AvgIpc) is 3.14. The third-order valence-electron chi connectivity index (χ3n) is 6.99. The number of benzene rings is 3. The predicted octanol–water partition coefficient (Wildman–Crippen LogP) is 6.01. The number of halogens is 1. The zero-order chi connectivity index (χ0) is 29.5. The molecule has 3 N–H and O–H groups in total. The molecular formula is C31H34ClN3O5S. The molecule has 0 saturated heterocycles. The van der Waals surface area contributed by atoms with Gasteiger partial charge in [-0.1, -0.05) is 29.8 Å². The number of hydrogen-bond acceptors (Lipinski definition) is 7. The summed E-state index contributed by atoms with van der Waals surface area (Å²) in [5.74, 6) is 0.0592. The molecule has 1 unspecified atom stereocenters. The van der Waals surface area contributed by atoms with Gasteiger partial charge in [0.15, 0.2) is 0 Å². The van der Waals surface area contributed by atoms with Crippen molar-refractivity contribution in [3.05, 3.63) is 87.9 Å². The second-order valence-electron chi connectivity index (χ2n) is 9.80. The average molecular weight is 596 g/mol. The highest BCUT2D eigenvalue weighted by Crippen LogP contribution is 2.39. The fourth-order valence-electron chi connectivity index (χ4n) is 4.78. The number of amides is 2. The van der Waals surface area contributed by atoms with E-state index in [1.54, 1.807) is 59.1 Å². The molecule has 3 aromatic rings. The molecule has 1 aliphatic rings. The van der Waals surface area contributed by atoms with Gasteiger partial charge in [0, 0.05) is 34.4 Å². The van der Waals surface area contributed by atoms with Crippen molar-refractivity contribution in [1.29, 1.82) is 0 Å². The van der Waals surface area contributed by atoms with Gasteiger partial charge in [0.25, 0.3) is 11.8 Å². The van der Waals surface area contributed by atoms with E-state index < -0.39 is 18.1 Å². The first kappa shape index (κ1) is 30.4. The van der Waals surface area contributed by atoms with E-state index in [0.29, 0.717) is 64.6 Å². The van der Waals surface area contributed by atoms with E-state index >= 15 is 0 Å². The Kier molecular flexibility index (Phi) is 10.3. The number of aryl methyl sites for hydroxylation is 1. The third kappa shape index (κ3) is 7.22. The summed E-state index contributed by atoms with van der Waals surface area (Å²) in [4.78, 5) is 41.1. The summed E-state index contributed by atoms with van der Waals surface area (Å²) < 4.78 is 11.4. The highest BCUT2D eigenvalue weighted by atomic mass is 35.5. The van der Waals surface area contributed by atoms with Crippen molar-refractivity contribution < 1.29 is 23.9 Å². The third-order valence-corrected chi connectivity index (χ3v) is 7.87. The Morgan fingerprint density at radius 1 is 1.12 bits per heavy atom. The van der Waals surface area contributed by atoms with Crippen LogP contribution in [0.5, 0.6) is 5.75 Å². The Morgan fingerprint density at radius 2 is 1.90 bits per heavy atom. The molecule has 1 heterocycles. The summed E-state index contributed by atoms with van der Waals surface area (Å²) in [6, 6.07) is 16.7. The Hall–Kier alpha value is -3.53. The first-order chi connectivity index (χ1) is 19.7. The second kappa shape index (κ2) is 13.9. The van der Waals surface area contributed by atoms with E-state index in [0.717, 1.165) is 11.3 Å². The summed E-state index contributed by atoms with van der Waals surface area (Å²) in [6.07, 6.45) is 2.98. The number of thioether (sulfide) groups is 1. The minimum Gasteiger partial charge on any atom is -0.496 e. The van der Waals surface area contributed by atoms with Gasteiger partial charge in [0.05, 0.1) is 18.4 Å². The monoisotopic (exact) mass is 595 g/mol. The van der Waals surface area contributed by atoms with Gasteiger partial charge in [-0.3, -0.25) is 14.4 Å². The van der Waals surface area contributed by atoms with Crippen molar-refractivity contribution in [2.45, 2.75) is 38.3 Å². The molecule has 41 heavy (non-hydrogen) atoms. The number of hydrogen-bond donors (Lipinski definition) is 2. The van der Waals surface area contributed by atoms with Crippen LogP contribution >= 0.6 is 23.4 Å². The lowest BCUT2D eigenvalue weighted by atomic mass is 10.0. The molecule has 216 valence electrons. The highest BCUT2D eigenvalue weighted by molar-refractivity contribution is 7.98. The fraction of sp³-hybridized carbons (Fsp3) is 0.323. The number of nitrogens with zero attached hydrogens (tertiary/aromatic N) is 1. The minimum absolute atomic E-state index is 0.253. The largest absolute Gasteiger partial charge is 0.496 e. The molecular weight excluding hydrogens is 562 g/mol. The molecule has 1 aliphatic heterocycles. The van der Waals surface area contributed by atoms with Crippen LogP contribution in [0.3, 0.4) is 0 Å². The van der Waals surface area contributed by atoms with Crippen LogP contribution in [0, 0.1) is 6.92 Å². The van der Waals surface area contributed by atoms with Gasteiger partial charge in [-0.25, -0.2) is 0 Å². The van der Waals surface area contributed by atoms with E-state index in [1.165, 1.54) is 7.11 Å². The van der Waals surface area contributed by atoms with Crippen LogP contribution in [-0.2, 0) is 9.53 Å². The molecule has 8 nitrogen and oxygen atoms in total. The molecule has 2 atom stereocenters. The molecule has 3 aromatic carbocycles. The number of ether oxygens (including phenoxy) is 2. The minimum atomic E-state index is -0.722. The number of carbonyl (C=O) groups is 3. The van der Waals surface area contributed by atoms with E-state index in [-0.39, 0.29) is 11.8 Å². The van der Waals surface area contributed by atoms with Gasteiger partial charge in [0.1, 0.15) is 17.9 Å². The van der Waals surface area contributed by atoms with Crippen LogP contribution in [-0.4, -0.2) is 49.5 Å². The van der Waals surface area contributed by atoms with Crippen LogP contribution < -0.4 is 20.7 Å². The van der Waals surface area contributed by atoms with Gasteiger partial charge >= 0.3 is 5.97 Å². The van der Waals surface area contributed by atoms with Crippen LogP contribution in [0.15, 0.2) is 60.7 Å². The van der Waals surface area contributed by atoms with E-state index in [2.05, 4.69) is 5.32 Å². The number of rotatable bonds is 9. The van der Waals surface area contributed by atoms with Crippen molar-refractivity contribution in [1.82, 2.24) is 0 Å². The molecule has 0 spiro atoms. The first-order valence-corrected chi connectivity index (χ1v) is 15.1. The quantitative estimate of drug-likeness (QED) is 0.291. The van der Waals surface area contributed by atoms with Gasteiger partial charge in [0.2, 0.25) is 0 Å². The van der Waals surface area contributed by atoms with Crippen molar-refractivity contribution in [3.63, 3.8) is 0 Å². The number of nitrogens with one attached hydrogen (secondary N) is 1. The maximum absolute atomic E-state index is 13.9. The van der Waals surface area contributed by atoms with Crippen molar-refractivity contribution in [2.24, 2.45) is 5.73 Å². The van der Waals surface area contributed by atoms with Gasteiger partial charge < -0.3 is 25.4 Å². The van der Waals surface area contributed by atoms with Crippen LogP contribution in [0.1, 0.15) is 57.2 Å². The van der Waals surface area contributed by atoms with Crippen LogP contribution in [0.4, 0.5) is 11.4 Å². The summed E-state index contributed by atoms with van der Waals surface area (Å²) in [7, 11) is 1.48. The lowest BCUT2D eigenvalue weighted by Crippen LogP contribution is -2.34. The normalized spacial score (nSPS) is 15.3. The molecule has 2 amide bonds. The molecule has 0 radical (unpaired) electrons. The van der Waals surface area contributed by atoms with Crippen molar-refractivity contribution in [2.75, 3.05) is 35.9 Å². The molecule has 0 fully saturated rings. The summed E-state index contributed by atoms with van der Waals surface area (Å²) in [5.41, 5.74) is 9.56. The fourth-order valence-corrected chi connectivity index (χ4v) is 5.45. The number of fused-ring (bicyclic) bond motifs is 1. The Bertz CT molecular complexity index is 1430. The Morgan fingerprint density at radius 3 is 2.63 bits per heavy atom. The first-order valence-electron chi connectivity index (χ1n) is 13.3. The van der Waals surface area contributed by atoms with E-state index in [9.17, 15) is 14.4 Å². The molecule has 0 aromatic heterocycles. The smallest absolute Gasteiger partial charge is 0.323 e. The number of methoxy groups -OCH3 is 1. The summed E-state index contributed by atoms with van der Waals surface area (Å²) in [5, 5.41) is 3.35. The van der Waals surface area contributed by atoms with E-state index in [1.807, 2.05) is 31.4 Å². The lowest BCUT2D eigenvalue weighted by Gasteiger charge is -2.25. The molecule has 0 saturated carbocycles. The molecule has 0 bridgehead atoms. The topological polar surface area (TPSA) is 111 Å². The number of esters is 1. The maximum atomic E-state index is 13.9. The van der Waals surface area contributed by atoms with E-state index in [4.69, 9.17) is 26.8 Å². The summed E-state index contributed by atoms with van der Waals surface area (Å²) in [6.45, 7) is 2.27. The van der Waals surface area contributed by atoms with Crippen molar-refractivity contribution >= 4 is 52.5 Å². The number of carbonyl (C=O) groups excluding carboxylic acids is 3. The second-order valence-corrected chi connectivity index (χ2v) is 11.2. The zero-order valence-corrected chi connectivity index (χ0v) is 24.9. The summed E-state index contributed by atoms with van der Waals surface area (Å²) >= 11 is 7.96. The highest BCUT2D eigenvalue weighted by Gasteiger charge is 2.31. The van der Waals surface area contributed by atoms with Gasteiger partial charge in [-0.15, -0.1) is 0 Å². The molecule has 0 aliphatic carbocycles. The van der Waals surface area contributed by atoms with Crippen LogP contribution in [0.2, 0.25) is 5.02 Å². The van der Waals surface area contributed by atoms with Gasteiger partial charge in [-0.2, -0.15) is 11.8 Å². The maximum Gasteiger partial charge on any atom is 0.323 e. The van der Waals surface area contributed by atoms with Gasteiger partial charge in [-0.05, 0) is 80.2 Å². The zero-order valence-electron chi connectivity index (χ0n) is 23.3. The Balaban J connectivity index is 1.59. The Labute approximate surface area is 249 Å². The number of anilines is 2. The lowest BCUT2D eigenvalue weighted by molar-refractivity contribution is -0.151. The van der Waals surface area contributed by atoms with Crippen LogP contribution in [0.25, 0.3) is 0 Å². The standard InChI is InChI=1S/C31H34ClN3O5S/c1-19-7-4-5-8-22(19)29(36)34-21-11-12-23(28(18-21)39-2)30(37)35-15-6-9-27(24-17-20(32)10-13-26(24)35)40-31(38)25(33)14-16-41-3/h4-5,7-8,10-13,17-18,25,27H,6,9,14-16,33H2,1-3H3,(H,34,36)/t25-,27?/m0/s1. The molecule has 4 rings (SSSR count). The molecule has 10 heteroatoms. The van der Waals surface area contributed by atoms with Crippen molar-refractivity contribution in [3.8, 4) is 5.75 Å². The number of nitrogens with two attached hydrogens (primary N) is 1. The predicted molar refractivity (Wildman–Crippen MR) is 164 cm³/mol. The SMILES string of the molecule is COc1cc(NC(=O)c2ccccc2C)ccc1C(=O)N1CCCC(OC(=O)[C@@H](N)CCSC)c2cc(Cl)ccc21.